The Balaban J connectivity index is 1.60. The normalized spacial score (nSPS) is 11.1. The fraction of sp³-hybridized carbons (Fsp3) is 0.0455. The van der Waals surface area contributed by atoms with Gasteiger partial charge in [0.15, 0.2) is 6.61 Å². The molecule has 0 fully saturated rings. The minimum atomic E-state index is -0.420. The average Bonchev–Trinajstić information content (AvgIpc) is 3.17. The molecule has 0 N–H and O–H groups in total. The molecule has 1 heterocycles. The zero-order chi connectivity index (χ0) is 20.9. The first-order chi connectivity index (χ1) is 14.6. The summed E-state index contributed by atoms with van der Waals surface area (Å²) < 4.78 is 19.7. The van der Waals surface area contributed by atoms with Crippen LogP contribution in [0.2, 0.25) is 5.02 Å². The van der Waals surface area contributed by atoms with Gasteiger partial charge >= 0.3 is 0 Å². The molecule has 0 atom stereocenters. The Hall–Kier alpha value is -3.29. The van der Waals surface area contributed by atoms with Gasteiger partial charge in [0, 0.05) is 5.02 Å². The van der Waals surface area contributed by atoms with E-state index in [4.69, 9.17) is 16.3 Å². The van der Waals surface area contributed by atoms with E-state index in [1.54, 1.807) is 36.5 Å². The lowest BCUT2D eigenvalue weighted by Crippen LogP contribution is -2.30. The molecule has 30 heavy (non-hydrogen) atoms. The molecule has 4 aromatic rings. The van der Waals surface area contributed by atoms with E-state index in [2.05, 4.69) is 10.1 Å². The molecule has 0 aliphatic heterocycles. The second-order valence-electron chi connectivity index (χ2n) is 6.21. The van der Waals surface area contributed by atoms with Crippen LogP contribution in [0.15, 0.2) is 77.9 Å². The number of ether oxygens (including phenoxy) is 1. The van der Waals surface area contributed by atoms with Crippen molar-refractivity contribution in [1.82, 2.24) is 4.98 Å². The molecule has 0 spiro atoms. The summed E-state index contributed by atoms with van der Waals surface area (Å²) in [7, 11) is 0. The van der Waals surface area contributed by atoms with Crippen molar-refractivity contribution in [1.29, 1.82) is 0 Å². The van der Waals surface area contributed by atoms with Crippen LogP contribution in [0.25, 0.3) is 10.2 Å². The molecule has 3 aromatic carbocycles. The predicted molar refractivity (Wildman–Crippen MR) is 118 cm³/mol. The molecule has 0 radical (unpaired) electrons. The summed E-state index contributed by atoms with van der Waals surface area (Å²) in [6.07, 6.45) is 1.56. The van der Waals surface area contributed by atoms with Gasteiger partial charge in [0.2, 0.25) is 5.13 Å². The quantitative estimate of drug-likeness (QED) is 0.293. The van der Waals surface area contributed by atoms with Gasteiger partial charge in [0.25, 0.3) is 5.91 Å². The highest BCUT2D eigenvalue weighted by Gasteiger charge is 2.20. The topological polar surface area (TPSA) is 54.8 Å². The number of carbonyl (C=O) groups is 1. The average molecular weight is 440 g/mol. The van der Waals surface area contributed by atoms with Crippen molar-refractivity contribution in [2.24, 2.45) is 5.10 Å². The number of fused-ring (bicyclic) bond motifs is 1. The third-order valence-corrected chi connectivity index (χ3v) is 5.30. The molecule has 150 valence electrons. The minimum Gasteiger partial charge on any atom is -0.484 e. The van der Waals surface area contributed by atoms with Gasteiger partial charge in [-0.2, -0.15) is 10.1 Å². The summed E-state index contributed by atoms with van der Waals surface area (Å²) in [4.78, 5) is 17.3. The molecule has 0 bridgehead atoms. The van der Waals surface area contributed by atoms with Crippen LogP contribution in [-0.2, 0) is 4.79 Å². The molecule has 5 nitrogen and oxygen atoms in total. The molecule has 4 rings (SSSR count). The number of nitrogens with zero attached hydrogens (tertiary/aromatic N) is 3. The number of amides is 1. The number of aromatic nitrogens is 1. The van der Waals surface area contributed by atoms with E-state index < -0.39 is 5.91 Å². The van der Waals surface area contributed by atoms with Crippen LogP contribution in [0.5, 0.6) is 5.75 Å². The predicted octanol–water partition coefficient (Wildman–Crippen LogP) is 5.53. The molecule has 8 heteroatoms. The maximum Gasteiger partial charge on any atom is 0.287 e. The number of rotatable bonds is 6. The lowest BCUT2D eigenvalue weighted by atomic mass is 10.2. The van der Waals surface area contributed by atoms with Crippen molar-refractivity contribution in [2.75, 3.05) is 11.6 Å². The molecular weight excluding hydrogens is 425 g/mol. The van der Waals surface area contributed by atoms with Crippen LogP contribution in [0.3, 0.4) is 0 Å². The van der Waals surface area contributed by atoms with E-state index in [-0.39, 0.29) is 12.4 Å². The number of benzene rings is 3. The number of thiazole rings is 1. The van der Waals surface area contributed by atoms with Crippen molar-refractivity contribution in [3.05, 3.63) is 89.2 Å². The lowest BCUT2D eigenvalue weighted by Gasteiger charge is -2.14. The van der Waals surface area contributed by atoms with E-state index in [9.17, 15) is 9.18 Å². The molecular formula is C22H15ClFN3O2S. The van der Waals surface area contributed by atoms with Gasteiger partial charge in [0.05, 0.1) is 16.4 Å². The smallest absolute Gasteiger partial charge is 0.287 e. The largest absolute Gasteiger partial charge is 0.484 e. The first-order valence-electron chi connectivity index (χ1n) is 8.95. The van der Waals surface area contributed by atoms with Gasteiger partial charge in [-0.05, 0) is 48.0 Å². The SMILES string of the molecule is O=C(COc1ccc(Cl)cc1)N(/N=C/c1ccccc1)c1nc2ccc(F)cc2s1. The highest BCUT2D eigenvalue weighted by molar-refractivity contribution is 7.22. The molecule has 0 saturated heterocycles. The molecule has 1 amide bonds. The number of hydrogen-bond acceptors (Lipinski definition) is 5. The van der Waals surface area contributed by atoms with Crippen LogP contribution in [0, 0.1) is 5.82 Å². The second-order valence-corrected chi connectivity index (χ2v) is 7.66. The highest BCUT2D eigenvalue weighted by Crippen LogP contribution is 2.30. The maximum absolute atomic E-state index is 13.6. The highest BCUT2D eigenvalue weighted by atomic mass is 35.5. The number of hydrogen-bond donors (Lipinski definition) is 0. The number of halogens is 2. The standard InChI is InChI=1S/C22H15ClFN3O2S/c23-16-6-9-18(10-7-16)29-14-21(28)27(25-13-15-4-2-1-3-5-15)22-26-19-11-8-17(24)12-20(19)30-22/h1-13H,14H2/b25-13+. The van der Waals surface area contributed by atoms with Crippen molar-refractivity contribution in [3.63, 3.8) is 0 Å². The van der Waals surface area contributed by atoms with Gasteiger partial charge in [-0.1, -0.05) is 53.3 Å². The van der Waals surface area contributed by atoms with Crippen molar-refractivity contribution >= 4 is 50.4 Å². The number of hydrazone groups is 1. The van der Waals surface area contributed by atoms with E-state index in [0.29, 0.717) is 26.1 Å². The van der Waals surface area contributed by atoms with Crippen molar-refractivity contribution in [3.8, 4) is 5.75 Å². The van der Waals surface area contributed by atoms with Crippen LogP contribution in [0.4, 0.5) is 9.52 Å². The van der Waals surface area contributed by atoms with Crippen LogP contribution >= 0.6 is 22.9 Å². The van der Waals surface area contributed by atoms with E-state index >= 15 is 0 Å². The molecule has 0 unspecified atom stereocenters. The fourth-order valence-corrected chi connectivity index (χ4v) is 3.69. The molecule has 0 saturated carbocycles. The van der Waals surface area contributed by atoms with Gasteiger partial charge in [-0.15, -0.1) is 0 Å². The van der Waals surface area contributed by atoms with Gasteiger partial charge in [-0.3, -0.25) is 4.79 Å². The Morgan fingerprint density at radius 1 is 1.13 bits per heavy atom. The van der Waals surface area contributed by atoms with E-state index in [1.807, 2.05) is 30.3 Å². The molecule has 0 aliphatic carbocycles. The Morgan fingerprint density at radius 3 is 2.67 bits per heavy atom. The van der Waals surface area contributed by atoms with E-state index in [1.165, 1.54) is 28.5 Å². The maximum atomic E-state index is 13.6. The van der Waals surface area contributed by atoms with Crippen LogP contribution in [0.1, 0.15) is 5.56 Å². The minimum absolute atomic E-state index is 0.252. The Bertz CT molecular complexity index is 1200. The van der Waals surface area contributed by atoms with Crippen LogP contribution in [-0.4, -0.2) is 23.7 Å². The lowest BCUT2D eigenvalue weighted by molar-refractivity contribution is -0.120. The first-order valence-corrected chi connectivity index (χ1v) is 10.1. The Kier molecular flexibility index (Phi) is 6.02. The Labute approximate surface area is 181 Å². The summed E-state index contributed by atoms with van der Waals surface area (Å²) >= 11 is 7.04. The zero-order valence-electron chi connectivity index (χ0n) is 15.5. The molecule has 1 aromatic heterocycles. The van der Waals surface area contributed by atoms with E-state index in [0.717, 1.165) is 5.56 Å². The number of carbonyl (C=O) groups excluding carboxylic acids is 1. The number of anilines is 1. The first kappa shape index (κ1) is 20.0. The van der Waals surface area contributed by atoms with Crippen LogP contribution < -0.4 is 9.75 Å². The summed E-state index contributed by atoms with van der Waals surface area (Å²) in [5, 5.41) is 6.39. The molecule has 0 aliphatic rings. The Morgan fingerprint density at radius 2 is 1.90 bits per heavy atom. The van der Waals surface area contributed by atoms with Gasteiger partial charge in [-0.25, -0.2) is 9.37 Å². The third kappa shape index (κ3) is 4.82. The van der Waals surface area contributed by atoms with Crippen molar-refractivity contribution < 1.29 is 13.9 Å². The summed E-state index contributed by atoms with van der Waals surface area (Å²) in [6.45, 7) is -0.252. The fourth-order valence-electron chi connectivity index (χ4n) is 2.60. The summed E-state index contributed by atoms with van der Waals surface area (Å²) in [5.74, 6) is -0.280. The zero-order valence-corrected chi connectivity index (χ0v) is 17.1. The van der Waals surface area contributed by atoms with Crippen molar-refractivity contribution in [2.45, 2.75) is 0 Å². The van der Waals surface area contributed by atoms with Gasteiger partial charge < -0.3 is 4.74 Å². The summed E-state index contributed by atoms with van der Waals surface area (Å²) in [5.41, 5.74) is 1.41. The third-order valence-electron chi connectivity index (χ3n) is 4.05. The summed E-state index contributed by atoms with van der Waals surface area (Å²) in [6, 6.07) is 20.3. The second kappa shape index (κ2) is 9.02. The monoisotopic (exact) mass is 439 g/mol. The van der Waals surface area contributed by atoms with Gasteiger partial charge in [0.1, 0.15) is 11.6 Å².